The third-order valence-electron chi connectivity index (χ3n) is 6.99. The van der Waals surface area contributed by atoms with Crippen molar-refractivity contribution in [1.82, 2.24) is 4.90 Å². The summed E-state index contributed by atoms with van der Waals surface area (Å²) in [5, 5.41) is 0.497. The van der Waals surface area contributed by atoms with Gasteiger partial charge in [0.2, 0.25) is 5.79 Å². The molecule has 0 radical (unpaired) electrons. The molecular weight excluding hydrogens is 417 g/mol. The Morgan fingerprint density at radius 1 is 1.23 bits per heavy atom. The minimum atomic E-state index is -0.577. The minimum absolute atomic E-state index is 0.113. The summed E-state index contributed by atoms with van der Waals surface area (Å²) in [6.45, 7) is 4.15. The zero-order valence-corrected chi connectivity index (χ0v) is 18.5. The Morgan fingerprint density at radius 2 is 2.00 bits per heavy atom. The van der Waals surface area contributed by atoms with Crippen molar-refractivity contribution in [2.75, 3.05) is 13.1 Å². The van der Waals surface area contributed by atoms with Gasteiger partial charge in [-0.1, -0.05) is 31.0 Å². The van der Waals surface area contributed by atoms with Gasteiger partial charge >= 0.3 is 0 Å². The molecule has 0 bridgehead atoms. The number of likely N-dealkylation sites (tertiary alicyclic amines) is 1. The van der Waals surface area contributed by atoms with E-state index in [0.29, 0.717) is 22.8 Å². The number of Topliss-reactive ketones (excluding diaryl/α,β-unsaturated/α-hetero) is 1. The molecule has 0 atom stereocenters. The van der Waals surface area contributed by atoms with Crippen LogP contribution in [0.25, 0.3) is 11.1 Å². The molecule has 0 aromatic heterocycles. The molecule has 31 heavy (non-hydrogen) atoms. The Morgan fingerprint density at radius 3 is 2.65 bits per heavy atom. The van der Waals surface area contributed by atoms with Crippen molar-refractivity contribution >= 4 is 17.4 Å². The number of halogens is 2. The lowest BCUT2D eigenvalue weighted by molar-refractivity contribution is -0.231. The van der Waals surface area contributed by atoms with E-state index in [4.69, 9.17) is 21.1 Å². The molecule has 164 valence electrons. The third kappa shape index (κ3) is 3.88. The molecule has 5 rings (SSSR count). The van der Waals surface area contributed by atoms with E-state index in [-0.39, 0.29) is 17.8 Å². The number of carbonyl (C=O) groups is 1. The highest BCUT2D eigenvalue weighted by atomic mass is 35.5. The van der Waals surface area contributed by atoms with Gasteiger partial charge in [-0.15, -0.1) is 0 Å². The number of hydrogen-bond donors (Lipinski definition) is 0. The lowest BCUT2D eigenvalue weighted by Crippen LogP contribution is -2.54. The second-order valence-corrected chi connectivity index (χ2v) is 9.24. The molecule has 1 saturated heterocycles. The predicted octanol–water partition coefficient (Wildman–Crippen LogP) is 5.99. The molecule has 1 aliphatic carbocycles. The Labute approximate surface area is 187 Å². The van der Waals surface area contributed by atoms with Crippen molar-refractivity contribution in [1.29, 1.82) is 0 Å². The summed E-state index contributed by atoms with van der Waals surface area (Å²) in [5.74, 6) is -0.569. The van der Waals surface area contributed by atoms with Crippen LogP contribution in [0.3, 0.4) is 0 Å². The fraction of sp³-hybridized carbons (Fsp3) is 0.480. The first-order chi connectivity index (χ1) is 15.0. The monoisotopic (exact) mass is 443 g/mol. The molecular formula is C25H27ClFNO3. The molecule has 2 aromatic carbocycles. The van der Waals surface area contributed by atoms with Crippen LogP contribution in [0.5, 0.6) is 5.75 Å². The van der Waals surface area contributed by atoms with Crippen molar-refractivity contribution < 1.29 is 18.7 Å². The topological polar surface area (TPSA) is 38.8 Å². The molecule has 1 spiro atoms. The first-order valence-corrected chi connectivity index (χ1v) is 11.6. The maximum absolute atomic E-state index is 14.5. The van der Waals surface area contributed by atoms with E-state index in [1.54, 1.807) is 13.0 Å². The van der Waals surface area contributed by atoms with Crippen molar-refractivity contribution in [2.24, 2.45) is 0 Å². The molecule has 2 heterocycles. The number of piperidine rings is 1. The molecule has 4 nitrogen and oxygen atoms in total. The molecule has 2 aromatic rings. The number of fused-ring (bicyclic) bond motifs is 1. The van der Waals surface area contributed by atoms with Crippen LogP contribution in [0.4, 0.5) is 4.39 Å². The summed E-state index contributed by atoms with van der Waals surface area (Å²) in [7, 11) is 0. The van der Waals surface area contributed by atoms with Gasteiger partial charge in [-0.3, -0.25) is 9.69 Å². The highest BCUT2D eigenvalue weighted by Gasteiger charge is 2.43. The average molecular weight is 444 g/mol. The standard InChI is InChI=1S/C25H27ClFNO3/c1-2-23(29)19-7-6-16(13-22(19)27)20-12-17-15-30-25(31-24(17)14-21(20)26)8-10-28(11-9-25)18-4-3-5-18/h6-7,12-14,18H,2-5,8-11,15H2,1H3. The van der Waals surface area contributed by atoms with Gasteiger partial charge in [0.15, 0.2) is 5.78 Å². The molecule has 2 fully saturated rings. The molecule has 6 heteroatoms. The molecule has 3 aliphatic rings. The summed E-state index contributed by atoms with van der Waals surface area (Å²) in [6, 6.07) is 9.11. The molecule has 0 amide bonds. The zero-order chi connectivity index (χ0) is 21.6. The van der Waals surface area contributed by atoms with Crippen LogP contribution in [0.2, 0.25) is 5.02 Å². The lowest BCUT2D eigenvalue weighted by atomic mass is 9.89. The summed E-state index contributed by atoms with van der Waals surface area (Å²) in [4.78, 5) is 14.4. The van der Waals surface area contributed by atoms with E-state index < -0.39 is 11.6 Å². The highest BCUT2D eigenvalue weighted by molar-refractivity contribution is 6.33. The Balaban J connectivity index is 1.36. The average Bonchev–Trinajstić information content (AvgIpc) is 2.73. The second kappa shape index (κ2) is 8.19. The summed E-state index contributed by atoms with van der Waals surface area (Å²) in [5.41, 5.74) is 2.35. The molecule has 0 N–H and O–H groups in total. The maximum Gasteiger partial charge on any atom is 0.213 e. The number of carbonyl (C=O) groups excluding carboxylic acids is 1. The van der Waals surface area contributed by atoms with Gasteiger partial charge in [0.25, 0.3) is 0 Å². The van der Waals surface area contributed by atoms with Crippen LogP contribution in [0.15, 0.2) is 30.3 Å². The Bertz CT molecular complexity index is 1010. The summed E-state index contributed by atoms with van der Waals surface area (Å²) >= 11 is 6.58. The van der Waals surface area contributed by atoms with Crippen molar-refractivity contribution in [3.63, 3.8) is 0 Å². The number of benzene rings is 2. The van der Waals surface area contributed by atoms with E-state index in [1.807, 2.05) is 12.1 Å². The second-order valence-electron chi connectivity index (χ2n) is 8.83. The maximum atomic E-state index is 14.5. The fourth-order valence-electron chi connectivity index (χ4n) is 4.80. The van der Waals surface area contributed by atoms with Gasteiger partial charge in [0.1, 0.15) is 11.6 Å². The third-order valence-corrected chi connectivity index (χ3v) is 7.30. The number of ether oxygens (including phenoxy) is 2. The summed E-state index contributed by atoms with van der Waals surface area (Å²) < 4.78 is 27.1. The van der Waals surface area contributed by atoms with Crippen LogP contribution >= 0.6 is 11.6 Å². The highest BCUT2D eigenvalue weighted by Crippen LogP contribution is 2.43. The van der Waals surface area contributed by atoms with Gasteiger partial charge in [-0.25, -0.2) is 4.39 Å². The van der Waals surface area contributed by atoms with E-state index in [9.17, 15) is 9.18 Å². The Kier molecular flexibility index (Phi) is 5.53. The number of hydrogen-bond acceptors (Lipinski definition) is 4. The van der Waals surface area contributed by atoms with Crippen molar-refractivity contribution in [3.8, 4) is 16.9 Å². The first-order valence-electron chi connectivity index (χ1n) is 11.2. The normalized spacial score (nSPS) is 20.7. The minimum Gasteiger partial charge on any atom is -0.462 e. The predicted molar refractivity (Wildman–Crippen MR) is 118 cm³/mol. The SMILES string of the molecule is CCC(=O)c1ccc(-c2cc3c(cc2Cl)OC2(CCN(C4CCC4)CC2)OC3)cc1F. The van der Waals surface area contributed by atoms with Gasteiger partial charge in [-0.05, 0) is 42.7 Å². The summed E-state index contributed by atoms with van der Waals surface area (Å²) in [6.07, 6.45) is 5.93. The van der Waals surface area contributed by atoms with Gasteiger partial charge in [0, 0.05) is 49.5 Å². The van der Waals surface area contributed by atoms with Gasteiger partial charge in [0.05, 0.1) is 17.2 Å². The lowest BCUT2D eigenvalue weighted by Gasteiger charge is -2.47. The number of rotatable bonds is 4. The van der Waals surface area contributed by atoms with E-state index >= 15 is 0 Å². The molecule has 0 unspecified atom stereocenters. The molecule has 2 aliphatic heterocycles. The first kappa shape index (κ1) is 20.9. The number of ketones is 1. The van der Waals surface area contributed by atoms with E-state index in [2.05, 4.69) is 4.90 Å². The largest absolute Gasteiger partial charge is 0.462 e. The van der Waals surface area contributed by atoms with Gasteiger partial charge < -0.3 is 9.47 Å². The van der Waals surface area contributed by atoms with Crippen LogP contribution in [0, 0.1) is 5.82 Å². The van der Waals surface area contributed by atoms with Crippen LogP contribution in [0.1, 0.15) is 61.4 Å². The smallest absolute Gasteiger partial charge is 0.213 e. The Hall–Kier alpha value is -1.95. The van der Waals surface area contributed by atoms with Crippen molar-refractivity contribution in [2.45, 2.75) is 63.9 Å². The van der Waals surface area contributed by atoms with Crippen LogP contribution in [-0.4, -0.2) is 35.6 Å². The zero-order valence-electron chi connectivity index (χ0n) is 17.8. The van der Waals surface area contributed by atoms with E-state index in [1.165, 1.54) is 31.4 Å². The van der Waals surface area contributed by atoms with Crippen molar-refractivity contribution in [3.05, 3.63) is 52.3 Å². The van der Waals surface area contributed by atoms with Gasteiger partial charge in [-0.2, -0.15) is 0 Å². The van der Waals surface area contributed by atoms with Crippen LogP contribution < -0.4 is 4.74 Å². The van der Waals surface area contributed by atoms with E-state index in [0.717, 1.165) is 43.3 Å². The fourth-order valence-corrected chi connectivity index (χ4v) is 5.06. The van der Waals surface area contributed by atoms with Crippen LogP contribution in [-0.2, 0) is 11.3 Å². The molecule has 1 saturated carbocycles. The quantitative estimate of drug-likeness (QED) is 0.544. The number of nitrogens with zero attached hydrogens (tertiary/aromatic N) is 1.